The maximum atomic E-state index is 5.70. The van der Waals surface area contributed by atoms with Crippen LogP contribution in [0.4, 0.5) is 5.69 Å². The molecule has 0 amide bonds. The van der Waals surface area contributed by atoms with Gasteiger partial charge < -0.3 is 5.73 Å². The van der Waals surface area contributed by atoms with Crippen LogP contribution in [0.25, 0.3) is 11.1 Å². The van der Waals surface area contributed by atoms with Crippen LogP contribution in [-0.4, -0.2) is 4.98 Å². The minimum atomic E-state index is 0.769. The second kappa shape index (κ2) is 3.80. The number of nitrogens with two attached hydrogens (primary N) is 1. The average molecular weight is 249 g/mol. The zero-order valence-corrected chi connectivity index (χ0v) is 9.03. The highest BCUT2D eigenvalue weighted by molar-refractivity contribution is 9.10. The summed E-state index contributed by atoms with van der Waals surface area (Å²) in [5.74, 6) is 0. The number of benzene rings is 1. The lowest BCUT2D eigenvalue weighted by Gasteiger charge is -2.01. The van der Waals surface area contributed by atoms with Gasteiger partial charge in [0.1, 0.15) is 4.60 Å². The molecule has 0 unspecified atom stereocenters. The number of halogens is 1. The fourth-order valence-electron chi connectivity index (χ4n) is 1.26. The number of nitrogens with zero attached hydrogens (tertiary/aromatic N) is 1. The molecule has 2 rings (SSSR count). The molecule has 0 aliphatic rings. The van der Waals surface area contributed by atoms with Crippen LogP contribution >= 0.6 is 15.9 Å². The van der Waals surface area contributed by atoms with E-state index in [1.165, 1.54) is 0 Å². The van der Waals surface area contributed by atoms with Crippen molar-refractivity contribution in [2.24, 2.45) is 0 Å². The monoisotopic (exact) mass is 248 g/mol. The first-order valence-corrected chi connectivity index (χ1v) is 5.02. The number of rotatable bonds is 1. The summed E-state index contributed by atoms with van der Waals surface area (Å²) in [6.07, 6.45) is 1.82. The topological polar surface area (TPSA) is 38.9 Å². The van der Waals surface area contributed by atoms with Crippen LogP contribution in [0.1, 0.15) is 0 Å². The lowest BCUT2D eigenvalue weighted by Crippen LogP contribution is -1.85. The third kappa shape index (κ3) is 1.93. The van der Waals surface area contributed by atoms with Crippen LogP contribution in [0.3, 0.4) is 0 Å². The maximum absolute atomic E-state index is 5.70. The van der Waals surface area contributed by atoms with Crippen molar-refractivity contribution in [3.8, 4) is 11.1 Å². The summed E-state index contributed by atoms with van der Waals surface area (Å²) in [5, 5.41) is 0. The molecule has 0 atom stereocenters. The van der Waals surface area contributed by atoms with Crippen molar-refractivity contribution >= 4 is 21.6 Å². The first-order chi connectivity index (χ1) is 6.75. The fourth-order valence-corrected chi connectivity index (χ4v) is 1.50. The van der Waals surface area contributed by atoms with Crippen molar-refractivity contribution in [3.63, 3.8) is 0 Å². The van der Waals surface area contributed by atoms with Crippen molar-refractivity contribution < 1.29 is 0 Å². The number of nitrogen functional groups attached to an aromatic ring is 1. The molecule has 0 saturated heterocycles. The highest BCUT2D eigenvalue weighted by atomic mass is 79.9. The highest BCUT2D eigenvalue weighted by Crippen LogP contribution is 2.21. The predicted octanol–water partition coefficient (Wildman–Crippen LogP) is 3.09. The third-order valence-electron chi connectivity index (χ3n) is 1.95. The van der Waals surface area contributed by atoms with Crippen molar-refractivity contribution in [2.45, 2.75) is 0 Å². The predicted molar refractivity (Wildman–Crippen MR) is 61.8 cm³/mol. The molecule has 2 N–H and O–H groups in total. The first-order valence-electron chi connectivity index (χ1n) is 4.23. The summed E-state index contributed by atoms with van der Waals surface area (Å²) >= 11 is 3.30. The number of anilines is 1. The number of hydrogen-bond acceptors (Lipinski definition) is 2. The Bertz CT molecular complexity index is 437. The molecule has 0 fully saturated rings. The van der Waals surface area contributed by atoms with E-state index in [0.29, 0.717) is 0 Å². The Morgan fingerprint density at radius 3 is 2.57 bits per heavy atom. The molecule has 70 valence electrons. The molecule has 2 aromatic rings. The van der Waals surface area contributed by atoms with Crippen LogP contribution in [0.2, 0.25) is 0 Å². The summed E-state index contributed by atoms with van der Waals surface area (Å²) in [4.78, 5) is 4.16. The molecule has 1 aromatic carbocycles. The number of aromatic nitrogens is 1. The smallest absolute Gasteiger partial charge is 0.106 e. The molecule has 0 spiro atoms. The van der Waals surface area contributed by atoms with Crippen molar-refractivity contribution in [2.75, 3.05) is 5.73 Å². The van der Waals surface area contributed by atoms with Crippen LogP contribution in [0.5, 0.6) is 0 Å². The van der Waals surface area contributed by atoms with Gasteiger partial charge in [0.25, 0.3) is 0 Å². The minimum absolute atomic E-state index is 0.769. The molecule has 0 radical (unpaired) electrons. The molecular formula is C11H9BrN2. The van der Waals surface area contributed by atoms with Gasteiger partial charge in [0, 0.05) is 17.4 Å². The van der Waals surface area contributed by atoms with Gasteiger partial charge in [-0.2, -0.15) is 0 Å². The largest absolute Gasteiger partial charge is 0.399 e. The van der Waals surface area contributed by atoms with Gasteiger partial charge in [-0.15, -0.1) is 0 Å². The Morgan fingerprint density at radius 2 is 1.93 bits per heavy atom. The molecule has 3 heteroatoms. The molecule has 14 heavy (non-hydrogen) atoms. The van der Waals surface area contributed by atoms with Crippen LogP contribution in [-0.2, 0) is 0 Å². The average Bonchev–Trinajstić information content (AvgIpc) is 2.19. The summed E-state index contributed by atoms with van der Waals surface area (Å²) < 4.78 is 0.838. The van der Waals surface area contributed by atoms with Gasteiger partial charge in [-0.25, -0.2) is 4.98 Å². The first kappa shape index (κ1) is 9.21. The van der Waals surface area contributed by atoms with Gasteiger partial charge in [-0.3, -0.25) is 0 Å². The summed E-state index contributed by atoms with van der Waals surface area (Å²) in [6, 6.07) is 11.7. The van der Waals surface area contributed by atoms with E-state index < -0.39 is 0 Å². The van der Waals surface area contributed by atoms with Gasteiger partial charge in [0.2, 0.25) is 0 Å². The molecule has 0 bridgehead atoms. The normalized spacial score (nSPS) is 10.1. The van der Waals surface area contributed by atoms with E-state index in [-0.39, 0.29) is 0 Å². The van der Waals surface area contributed by atoms with Crippen LogP contribution in [0, 0.1) is 0 Å². The lowest BCUT2D eigenvalue weighted by atomic mass is 10.1. The molecule has 0 aliphatic heterocycles. The van der Waals surface area contributed by atoms with Crippen LogP contribution < -0.4 is 5.73 Å². The van der Waals surface area contributed by atoms with E-state index in [1.54, 1.807) is 0 Å². The van der Waals surface area contributed by atoms with E-state index in [9.17, 15) is 0 Å². The SMILES string of the molecule is Nc1cccc(-c2ccc(Br)nc2)c1. The number of hydrogen-bond donors (Lipinski definition) is 1. The fraction of sp³-hybridized carbons (Fsp3) is 0. The van der Waals surface area contributed by atoms with Crippen molar-refractivity contribution in [1.29, 1.82) is 0 Å². The summed E-state index contributed by atoms with van der Waals surface area (Å²) in [6.45, 7) is 0. The van der Waals surface area contributed by atoms with Crippen molar-refractivity contribution in [3.05, 3.63) is 47.2 Å². The minimum Gasteiger partial charge on any atom is -0.399 e. The lowest BCUT2D eigenvalue weighted by molar-refractivity contribution is 1.28. The van der Waals surface area contributed by atoms with Gasteiger partial charge >= 0.3 is 0 Å². The van der Waals surface area contributed by atoms with E-state index >= 15 is 0 Å². The van der Waals surface area contributed by atoms with E-state index in [4.69, 9.17) is 5.73 Å². The van der Waals surface area contributed by atoms with Gasteiger partial charge in [0.05, 0.1) is 0 Å². The van der Waals surface area contributed by atoms with Gasteiger partial charge in [0.15, 0.2) is 0 Å². The highest BCUT2D eigenvalue weighted by Gasteiger charge is 1.97. The number of pyridine rings is 1. The molecule has 1 aromatic heterocycles. The summed E-state index contributed by atoms with van der Waals surface area (Å²) in [5.41, 5.74) is 8.62. The molecular weight excluding hydrogens is 240 g/mol. The van der Waals surface area contributed by atoms with Crippen LogP contribution in [0.15, 0.2) is 47.2 Å². The summed E-state index contributed by atoms with van der Waals surface area (Å²) in [7, 11) is 0. The Balaban J connectivity index is 2.44. The van der Waals surface area contributed by atoms with Gasteiger partial charge in [-0.1, -0.05) is 18.2 Å². The second-order valence-corrected chi connectivity index (χ2v) is 3.81. The van der Waals surface area contributed by atoms with E-state index in [2.05, 4.69) is 20.9 Å². The molecule has 0 aliphatic carbocycles. The van der Waals surface area contributed by atoms with E-state index in [1.807, 2.05) is 42.6 Å². The Hall–Kier alpha value is -1.35. The Kier molecular flexibility index (Phi) is 2.50. The quantitative estimate of drug-likeness (QED) is 0.623. The third-order valence-corrected chi connectivity index (χ3v) is 2.42. The molecule has 0 saturated carbocycles. The second-order valence-electron chi connectivity index (χ2n) is 3.00. The standard InChI is InChI=1S/C11H9BrN2/c12-11-5-4-9(7-14-11)8-2-1-3-10(13)6-8/h1-7H,13H2. The Labute approximate surface area is 90.9 Å². The zero-order valence-electron chi connectivity index (χ0n) is 7.44. The Morgan fingerprint density at radius 1 is 1.07 bits per heavy atom. The van der Waals surface area contributed by atoms with E-state index in [0.717, 1.165) is 21.4 Å². The zero-order chi connectivity index (χ0) is 9.97. The molecule has 2 nitrogen and oxygen atoms in total. The van der Waals surface area contributed by atoms with Crippen molar-refractivity contribution in [1.82, 2.24) is 4.98 Å². The maximum Gasteiger partial charge on any atom is 0.106 e. The molecule has 1 heterocycles. The van der Waals surface area contributed by atoms with Gasteiger partial charge in [-0.05, 0) is 39.7 Å².